The van der Waals surface area contributed by atoms with Crippen molar-refractivity contribution < 1.29 is 25.0 Å². The molecule has 0 heterocycles. The molecule has 0 aliphatic carbocycles. The van der Waals surface area contributed by atoms with E-state index in [0.29, 0.717) is 0 Å². The van der Waals surface area contributed by atoms with Crippen molar-refractivity contribution in [1.82, 2.24) is 0 Å². The fourth-order valence-electron chi connectivity index (χ4n) is 1.46. The molecule has 1 aromatic carbocycles. The molecule has 0 bridgehead atoms. The lowest BCUT2D eigenvalue weighted by molar-refractivity contribution is -0.894. The number of phenolic OH excluding ortho intramolecular Hbond substituents is 1. The number of carboxylic acids is 1. The van der Waals surface area contributed by atoms with E-state index >= 15 is 0 Å². The molecule has 0 aliphatic heterocycles. The molecule has 102 valence electrons. The Morgan fingerprint density at radius 3 is 1.94 bits per heavy atom. The van der Waals surface area contributed by atoms with E-state index in [1.54, 1.807) is 4.90 Å². The summed E-state index contributed by atoms with van der Waals surface area (Å²) < 4.78 is 0. The second kappa shape index (κ2) is 8.36. The Morgan fingerprint density at radius 2 is 1.67 bits per heavy atom. The highest BCUT2D eigenvalue weighted by Gasteiger charge is 2.01. The first kappa shape index (κ1) is 16.2. The Kier molecular flexibility index (Phi) is 7.54. The summed E-state index contributed by atoms with van der Waals surface area (Å²) in [5.74, 6) is -2.06. The second-order valence-corrected chi connectivity index (χ2v) is 3.83. The summed E-state index contributed by atoms with van der Waals surface area (Å²) in [5.41, 5.74) is -0.199. The first-order chi connectivity index (χ1) is 8.44. The van der Waals surface area contributed by atoms with Crippen molar-refractivity contribution in [2.45, 2.75) is 20.8 Å². The zero-order chi connectivity index (χ0) is 14.1. The van der Waals surface area contributed by atoms with E-state index in [-0.39, 0.29) is 11.3 Å². The molecule has 18 heavy (non-hydrogen) atoms. The molecule has 0 spiro atoms. The van der Waals surface area contributed by atoms with Gasteiger partial charge in [-0.1, -0.05) is 6.07 Å². The molecule has 0 saturated carbocycles. The van der Waals surface area contributed by atoms with Crippen molar-refractivity contribution in [1.29, 1.82) is 0 Å². The fraction of sp³-hybridized carbons (Fsp3) is 0.462. The summed E-state index contributed by atoms with van der Waals surface area (Å²) in [4.78, 5) is 11.9. The average Bonchev–Trinajstić information content (AvgIpc) is 2.31. The second-order valence-electron chi connectivity index (χ2n) is 3.83. The summed E-state index contributed by atoms with van der Waals surface area (Å²) >= 11 is 0. The van der Waals surface area contributed by atoms with E-state index in [0.717, 1.165) is 18.2 Å². The molecule has 0 aliphatic rings. The van der Waals surface area contributed by atoms with Crippen LogP contribution in [0.25, 0.3) is 0 Å². The van der Waals surface area contributed by atoms with Crippen LogP contribution in [0.1, 0.15) is 31.1 Å². The van der Waals surface area contributed by atoms with E-state index in [2.05, 4.69) is 20.8 Å². The first-order valence-electron chi connectivity index (χ1n) is 6.02. The third kappa shape index (κ3) is 6.10. The zero-order valence-corrected chi connectivity index (χ0v) is 11.1. The molecule has 0 unspecified atom stereocenters. The van der Waals surface area contributed by atoms with Crippen molar-refractivity contribution in [3.05, 3.63) is 23.8 Å². The molecule has 0 fully saturated rings. The number of carboxylic acid groups (broad SMARTS) is 1. The van der Waals surface area contributed by atoms with Crippen LogP contribution >= 0.6 is 0 Å². The molecule has 0 atom stereocenters. The number of hydrogen-bond acceptors (Lipinski definition) is 3. The Hall–Kier alpha value is -1.75. The molecule has 0 amide bonds. The minimum atomic E-state index is -1.22. The topological polar surface area (TPSA) is 85.0 Å². The quantitative estimate of drug-likeness (QED) is 0.712. The minimum Gasteiger partial charge on any atom is -0.872 e. The van der Waals surface area contributed by atoms with E-state index in [1.165, 1.54) is 19.6 Å². The molecule has 0 saturated heterocycles. The van der Waals surface area contributed by atoms with Crippen LogP contribution in [0.2, 0.25) is 0 Å². The van der Waals surface area contributed by atoms with Crippen molar-refractivity contribution in [3.63, 3.8) is 0 Å². The van der Waals surface area contributed by atoms with Crippen LogP contribution in [-0.4, -0.2) is 35.8 Å². The molecule has 5 nitrogen and oxygen atoms in total. The van der Waals surface area contributed by atoms with Gasteiger partial charge in [0.1, 0.15) is 5.75 Å². The predicted molar refractivity (Wildman–Crippen MR) is 67.1 cm³/mol. The van der Waals surface area contributed by atoms with Gasteiger partial charge in [0.25, 0.3) is 0 Å². The standard InChI is InChI=1S/C7H6O4.C6H15N/c8-5-1-4(7(10)11)2-6(9)3-5;1-4-7(5-2)6-3/h1-3,8-9H,(H,10,11);4-6H2,1-3H3. The lowest BCUT2D eigenvalue weighted by Crippen LogP contribution is -3.11. The number of quaternary nitrogens is 1. The van der Waals surface area contributed by atoms with Crippen molar-refractivity contribution in [2.75, 3.05) is 19.6 Å². The number of benzene rings is 1. The maximum absolute atomic E-state index is 10.6. The number of aromatic carboxylic acids is 1. The summed E-state index contributed by atoms with van der Waals surface area (Å²) in [7, 11) is 0. The molecule has 5 heteroatoms. The SMILES string of the molecule is CC[NH+](CC)CC.O=C(O)c1cc([O-])cc(O)c1. The predicted octanol–water partition coefficient (Wildman–Crippen LogP) is 0.0950. The van der Waals surface area contributed by atoms with Gasteiger partial charge < -0.3 is 20.2 Å². The highest BCUT2D eigenvalue weighted by molar-refractivity contribution is 5.88. The summed E-state index contributed by atoms with van der Waals surface area (Å²) in [6, 6.07) is 2.91. The van der Waals surface area contributed by atoms with Crippen LogP contribution in [-0.2, 0) is 0 Å². The average molecular weight is 255 g/mol. The van der Waals surface area contributed by atoms with Gasteiger partial charge >= 0.3 is 5.97 Å². The van der Waals surface area contributed by atoms with Gasteiger partial charge in [0.15, 0.2) is 0 Å². The van der Waals surface area contributed by atoms with E-state index in [9.17, 15) is 9.90 Å². The van der Waals surface area contributed by atoms with Crippen molar-refractivity contribution in [3.8, 4) is 11.5 Å². The summed E-state index contributed by atoms with van der Waals surface area (Å²) in [6.45, 7) is 10.5. The third-order valence-corrected chi connectivity index (χ3v) is 2.64. The zero-order valence-electron chi connectivity index (χ0n) is 11.1. The van der Waals surface area contributed by atoms with Gasteiger partial charge in [-0.3, -0.25) is 0 Å². The Morgan fingerprint density at radius 1 is 1.17 bits per heavy atom. The van der Waals surface area contributed by atoms with Crippen LogP contribution in [0.5, 0.6) is 11.5 Å². The van der Waals surface area contributed by atoms with Crippen LogP contribution in [0.15, 0.2) is 18.2 Å². The van der Waals surface area contributed by atoms with Gasteiger partial charge in [0, 0.05) is 0 Å². The number of hydrogen-bond donors (Lipinski definition) is 3. The molecular formula is C13H21NO4. The molecule has 1 rings (SSSR count). The molecule has 1 aromatic rings. The smallest absolute Gasteiger partial charge is 0.335 e. The van der Waals surface area contributed by atoms with Crippen LogP contribution < -0.4 is 10.0 Å². The largest absolute Gasteiger partial charge is 0.872 e. The maximum atomic E-state index is 10.6. The Bertz CT molecular complexity index is 349. The van der Waals surface area contributed by atoms with Crippen LogP contribution in [0.4, 0.5) is 0 Å². The maximum Gasteiger partial charge on any atom is 0.335 e. The van der Waals surface area contributed by atoms with Gasteiger partial charge in [-0.2, -0.15) is 0 Å². The van der Waals surface area contributed by atoms with E-state index in [1.807, 2.05) is 0 Å². The van der Waals surface area contributed by atoms with Crippen LogP contribution in [0.3, 0.4) is 0 Å². The van der Waals surface area contributed by atoms with E-state index < -0.39 is 11.7 Å². The molecule has 0 radical (unpaired) electrons. The van der Waals surface area contributed by atoms with Gasteiger partial charge in [0.2, 0.25) is 0 Å². The van der Waals surface area contributed by atoms with Crippen molar-refractivity contribution >= 4 is 5.97 Å². The van der Waals surface area contributed by atoms with E-state index in [4.69, 9.17) is 10.2 Å². The minimum absolute atomic E-state index is 0.199. The van der Waals surface area contributed by atoms with Gasteiger partial charge in [-0.25, -0.2) is 4.79 Å². The Labute approximate surface area is 107 Å². The number of rotatable bonds is 4. The van der Waals surface area contributed by atoms with Gasteiger partial charge in [0.05, 0.1) is 25.2 Å². The third-order valence-electron chi connectivity index (χ3n) is 2.64. The van der Waals surface area contributed by atoms with Gasteiger partial charge in [-0.15, -0.1) is 5.75 Å². The highest BCUT2D eigenvalue weighted by Crippen LogP contribution is 2.17. The summed E-state index contributed by atoms with van der Waals surface area (Å²) in [5, 5.41) is 27.8. The fourth-order valence-corrected chi connectivity index (χ4v) is 1.46. The number of nitrogens with one attached hydrogen (secondary N) is 1. The first-order valence-corrected chi connectivity index (χ1v) is 6.02. The number of carbonyl (C=O) groups is 1. The molecular weight excluding hydrogens is 234 g/mol. The number of phenols is 1. The highest BCUT2D eigenvalue weighted by atomic mass is 16.4. The lowest BCUT2D eigenvalue weighted by atomic mass is 10.2. The molecule has 0 aromatic heterocycles. The number of aromatic hydroxyl groups is 1. The van der Waals surface area contributed by atoms with Crippen LogP contribution in [0, 0.1) is 0 Å². The van der Waals surface area contributed by atoms with Gasteiger partial charge in [-0.05, 0) is 32.9 Å². The normalized spacial score (nSPS) is 9.78. The Balaban J connectivity index is 0.000000360. The summed E-state index contributed by atoms with van der Waals surface area (Å²) in [6.07, 6.45) is 0. The lowest BCUT2D eigenvalue weighted by Gasteiger charge is -2.10. The monoisotopic (exact) mass is 255 g/mol. The molecule has 3 N–H and O–H groups in total. The van der Waals surface area contributed by atoms with Crippen molar-refractivity contribution in [2.24, 2.45) is 0 Å².